The molecule has 0 heterocycles. The third-order valence-electron chi connectivity index (χ3n) is 3.51. The van der Waals surface area contributed by atoms with Gasteiger partial charge in [-0.3, -0.25) is 4.90 Å². The van der Waals surface area contributed by atoms with Gasteiger partial charge in [0.25, 0.3) is 0 Å². The maximum Gasteiger partial charge on any atom is 0.0237 e. The number of likely N-dealkylation sites (N-methyl/N-ethyl adjacent to an activating group) is 1. The summed E-state index contributed by atoms with van der Waals surface area (Å²) in [5.41, 5.74) is 4.03. The Balaban J connectivity index is 1.90. The lowest BCUT2D eigenvalue weighted by Gasteiger charge is -2.20. The van der Waals surface area contributed by atoms with E-state index < -0.39 is 0 Å². The lowest BCUT2D eigenvalue weighted by Crippen LogP contribution is -2.24. The number of nitrogens with one attached hydrogen (secondary N) is 1. The van der Waals surface area contributed by atoms with Crippen LogP contribution in [0.25, 0.3) is 0 Å². The summed E-state index contributed by atoms with van der Waals surface area (Å²) in [4.78, 5) is 2.43. The van der Waals surface area contributed by atoms with Crippen LogP contribution < -0.4 is 5.32 Å². The van der Waals surface area contributed by atoms with Crippen molar-refractivity contribution in [3.05, 3.63) is 47.5 Å². The lowest BCUT2D eigenvalue weighted by atomic mass is 10.1. The highest BCUT2D eigenvalue weighted by Gasteiger charge is 2.19. The van der Waals surface area contributed by atoms with E-state index in [1.54, 1.807) is 0 Å². The molecule has 0 saturated heterocycles. The van der Waals surface area contributed by atoms with Gasteiger partial charge < -0.3 is 5.32 Å². The number of hydrogen-bond acceptors (Lipinski definition) is 2. The summed E-state index contributed by atoms with van der Waals surface area (Å²) in [6, 6.07) is 9.72. The maximum atomic E-state index is 4.01. The number of hydrogen-bond donors (Lipinski definition) is 1. The predicted octanol–water partition coefficient (Wildman–Crippen LogP) is 3.34. The lowest BCUT2D eigenvalue weighted by molar-refractivity contribution is 0.304. The monoisotopic (exact) mass is 258 g/mol. The molecule has 0 bridgehead atoms. The van der Waals surface area contributed by atoms with Gasteiger partial charge in [0.2, 0.25) is 0 Å². The molecule has 1 aromatic rings. The van der Waals surface area contributed by atoms with Crippen LogP contribution in [-0.2, 0) is 13.1 Å². The molecule has 2 heteroatoms. The van der Waals surface area contributed by atoms with E-state index in [0.29, 0.717) is 0 Å². The highest BCUT2D eigenvalue weighted by atomic mass is 15.1. The molecule has 0 spiro atoms. The van der Waals surface area contributed by atoms with Gasteiger partial charge in [-0.15, -0.1) is 0 Å². The van der Waals surface area contributed by atoms with Gasteiger partial charge in [-0.05, 0) is 37.4 Å². The van der Waals surface area contributed by atoms with Crippen LogP contribution in [0.3, 0.4) is 0 Å². The van der Waals surface area contributed by atoms with Gasteiger partial charge in [0.1, 0.15) is 0 Å². The summed E-state index contributed by atoms with van der Waals surface area (Å²) in [5, 5.41) is 3.57. The van der Waals surface area contributed by atoms with Crippen molar-refractivity contribution in [2.24, 2.45) is 0 Å². The Morgan fingerprint density at radius 2 is 2.11 bits per heavy atom. The Kier molecular flexibility index (Phi) is 5.17. The minimum absolute atomic E-state index is 0.777. The summed E-state index contributed by atoms with van der Waals surface area (Å²) in [5.74, 6) is 0. The number of rotatable bonds is 8. The zero-order chi connectivity index (χ0) is 13.7. The zero-order valence-electron chi connectivity index (χ0n) is 12.3. The molecular formula is C17H26N2. The number of nitrogens with zero attached hydrogens (tertiary/aromatic N) is 1. The first kappa shape index (κ1) is 14.3. The van der Waals surface area contributed by atoms with Gasteiger partial charge in [0, 0.05) is 25.7 Å². The van der Waals surface area contributed by atoms with E-state index in [9.17, 15) is 0 Å². The molecule has 1 N–H and O–H groups in total. The third kappa shape index (κ3) is 5.17. The van der Waals surface area contributed by atoms with Crippen molar-refractivity contribution in [2.45, 2.75) is 45.8 Å². The predicted molar refractivity (Wildman–Crippen MR) is 82.1 cm³/mol. The largest absolute Gasteiger partial charge is 0.310 e. The molecule has 1 aliphatic carbocycles. The fourth-order valence-electron chi connectivity index (χ4n) is 2.31. The Hall–Kier alpha value is -1.12. The normalized spacial score (nSPS) is 14.9. The molecule has 0 atom stereocenters. The molecule has 1 saturated carbocycles. The second-order valence-corrected chi connectivity index (χ2v) is 5.74. The van der Waals surface area contributed by atoms with E-state index in [-0.39, 0.29) is 0 Å². The van der Waals surface area contributed by atoms with E-state index in [1.165, 1.54) is 29.5 Å². The molecular weight excluding hydrogens is 232 g/mol. The summed E-state index contributed by atoms with van der Waals surface area (Å²) in [7, 11) is 0. The molecule has 2 rings (SSSR count). The minimum atomic E-state index is 0.777. The highest BCUT2D eigenvalue weighted by Crippen LogP contribution is 2.19. The van der Waals surface area contributed by atoms with Crippen LogP contribution in [0.2, 0.25) is 0 Å². The molecule has 0 radical (unpaired) electrons. The van der Waals surface area contributed by atoms with E-state index in [0.717, 1.165) is 32.2 Å². The van der Waals surface area contributed by atoms with E-state index in [2.05, 4.69) is 54.9 Å². The quantitative estimate of drug-likeness (QED) is 0.719. The van der Waals surface area contributed by atoms with Crippen LogP contribution >= 0.6 is 0 Å². The standard InChI is InChI=1S/C17H26N2/c1-4-19(12-14(2)3)13-16-7-5-6-15(10-16)11-18-17-8-9-17/h5-7,10,17-18H,2,4,8-9,11-13H2,1,3H3. The summed E-state index contributed by atoms with van der Waals surface area (Å²) in [6.45, 7) is 12.4. The SMILES string of the molecule is C=C(C)CN(CC)Cc1cccc(CNC2CC2)c1. The van der Waals surface area contributed by atoms with Gasteiger partial charge in [-0.1, -0.05) is 43.3 Å². The van der Waals surface area contributed by atoms with Crippen LogP contribution in [0.5, 0.6) is 0 Å². The summed E-state index contributed by atoms with van der Waals surface area (Å²) >= 11 is 0. The average molecular weight is 258 g/mol. The van der Waals surface area contributed by atoms with Crippen molar-refractivity contribution in [3.8, 4) is 0 Å². The molecule has 1 aliphatic rings. The number of benzene rings is 1. The molecule has 0 aromatic heterocycles. The second-order valence-electron chi connectivity index (χ2n) is 5.74. The van der Waals surface area contributed by atoms with Crippen LogP contribution in [0, 0.1) is 0 Å². The van der Waals surface area contributed by atoms with Crippen molar-refractivity contribution in [1.29, 1.82) is 0 Å². The zero-order valence-corrected chi connectivity index (χ0v) is 12.3. The topological polar surface area (TPSA) is 15.3 Å². The molecule has 104 valence electrons. The van der Waals surface area contributed by atoms with E-state index in [4.69, 9.17) is 0 Å². The molecule has 0 amide bonds. The van der Waals surface area contributed by atoms with E-state index >= 15 is 0 Å². The molecule has 1 aromatic carbocycles. The van der Waals surface area contributed by atoms with Crippen molar-refractivity contribution < 1.29 is 0 Å². The second kappa shape index (κ2) is 6.88. The molecule has 1 fully saturated rings. The molecule has 0 unspecified atom stereocenters. The fraction of sp³-hybridized carbons (Fsp3) is 0.529. The van der Waals surface area contributed by atoms with Gasteiger partial charge in [0.05, 0.1) is 0 Å². The highest BCUT2D eigenvalue weighted by molar-refractivity contribution is 5.23. The minimum Gasteiger partial charge on any atom is -0.310 e. The fourth-order valence-corrected chi connectivity index (χ4v) is 2.31. The first-order chi connectivity index (χ1) is 9.17. The molecule has 2 nitrogen and oxygen atoms in total. The van der Waals surface area contributed by atoms with Crippen molar-refractivity contribution in [3.63, 3.8) is 0 Å². The van der Waals surface area contributed by atoms with Crippen LogP contribution in [0.4, 0.5) is 0 Å². The van der Waals surface area contributed by atoms with Crippen LogP contribution in [-0.4, -0.2) is 24.0 Å². The Morgan fingerprint density at radius 1 is 1.37 bits per heavy atom. The maximum absolute atomic E-state index is 4.01. The first-order valence-electron chi connectivity index (χ1n) is 7.35. The summed E-state index contributed by atoms with van der Waals surface area (Å²) < 4.78 is 0. The van der Waals surface area contributed by atoms with Gasteiger partial charge in [-0.2, -0.15) is 0 Å². The molecule has 0 aliphatic heterocycles. The van der Waals surface area contributed by atoms with Gasteiger partial charge in [0.15, 0.2) is 0 Å². The Labute approximate surface area is 117 Å². The Bertz CT molecular complexity index is 421. The van der Waals surface area contributed by atoms with Crippen molar-refractivity contribution in [1.82, 2.24) is 10.2 Å². The first-order valence-corrected chi connectivity index (χ1v) is 7.35. The average Bonchev–Trinajstić information content (AvgIpc) is 3.19. The molecule has 19 heavy (non-hydrogen) atoms. The summed E-state index contributed by atoms with van der Waals surface area (Å²) in [6.07, 6.45) is 2.70. The van der Waals surface area contributed by atoms with Crippen LogP contribution in [0.15, 0.2) is 36.4 Å². The van der Waals surface area contributed by atoms with E-state index in [1.807, 2.05) is 0 Å². The van der Waals surface area contributed by atoms with Crippen molar-refractivity contribution in [2.75, 3.05) is 13.1 Å². The van der Waals surface area contributed by atoms with Crippen LogP contribution in [0.1, 0.15) is 37.8 Å². The Morgan fingerprint density at radius 3 is 2.74 bits per heavy atom. The van der Waals surface area contributed by atoms with Gasteiger partial charge in [-0.25, -0.2) is 0 Å². The smallest absolute Gasteiger partial charge is 0.0237 e. The van der Waals surface area contributed by atoms with Crippen molar-refractivity contribution >= 4 is 0 Å². The third-order valence-corrected chi connectivity index (χ3v) is 3.51. The van der Waals surface area contributed by atoms with Gasteiger partial charge >= 0.3 is 0 Å².